The Kier molecular flexibility index (Phi) is 5.14. The second kappa shape index (κ2) is 7.67. The quantitative estimate of drug-likeness (QED) is 0.614. The first-order valence-electron chi connectivity index (χ1n) is 8.41. The van der Waals surface area contributed by atoms with Crippen molar-refractivity contribution in [2.75, 3.05) is 12.4 Å². The zero-order valence-corrected chi connectivity index (χ0v) is 14.5. The molecule has 0 unspecified atom stereocenters. The first-order valence-corrected chi connectivity index (χ1v) is 8.41. The van der Waals surface area contributed by atoms with E-state index in [1.54, 1.807) is 19.2 Å². The minimum atomic E-state index is 0.280. The molecular weight excluding hydrogens is 308 g/mol. The van der Waals surface area contributed by atoms with Crippen LogP contribution >= 0.6 is 0 Å². The molecule has 0 saturated heterocycles. The van der Waals surface area contributed by atoms with Crippen LogP contribution in [0.1, 0.15) is 18.1 Å². The molecule has 3 rings (SSSR count). The fourth-order valence-corrected chi connectivity index (χ4v) is 2.85. The Hall–Kier alpha value is -3.07. The summed E-state index contributed by atoms with van der Waals surface area (Å²) in [5.74, 6) is 0.280. The SMILES string of the molecule is CCc1cc(Nc2ccc(-c3cccc(O)c3)cc2)ccc1C=NC. The third kappa shape index (κ3) is 4.07. The molecule has 3 aromatic carbocycles. The Labute approximate surface area is 148 Å². The molecule has 0 heterocycles. The molecule has 0 aliphatic heterocycles. The minimum Gasteiger partial charge on any atom is -0.508 e. The average Bonchev–Trinajstić information content (AvgIpc) is 2.64. The fraction of sp³-hybridized carbons (Fsp3) is 0.136. The summed E-state index contributed by atoms with van der Waals surface area (Å²) in [4.78, 5) is 4.11. The van der Waals surface area contributed by atoms with Gasteiger partial charge in [-0.15, -0.1) is 0 Å². The Morgan fingerprint density at radius 1 is 0.920 bits per heavy atom. The number of benzene rings is 3. The molecule has 0 fully saturated rings. The molecule has 126 valence electrons. The van der Waals surface area contributed by atoms with Gasteiger partial charge in [0.15, 0.2) is 0 Å². The lowest BCUT2D eigenvalue weighted by Crippen LogP contribution is -1.96. The number of rotatable bonds is 5. The van der Waals surface area contributed by atoms with E-state index in [4.69, 9.17) is 0 Å². The van der Waals surface area contributed by atoms with Crippen LogP contribution in [0.2, 0.25) is 0 Å². The number of hydrogen-bond acceptors (Lipinski definition) is 3. The Morgan fingerprint density at radius 3 is 2.36 bits per heavy atom. The molecule has 0 bridgehead atoms. The number of nitrogens with one attached hydrogen (secondary N) is 1. The largest absolute Gasteiger partial charge is 0.508 e. The summed E-state index contributed by atoms with van der Waals surface area (Å²) in [5, 5.41) is 13.1. The maximum absolute atomic E-state index is 9.61. The predicted octanol–water partition coefficient (Wildman–Crippen LogP) is 5.41. The van der Waals surface area contributed by atoms with E-state index in [9.17, 15) is 5.11 Å². The molecule has 0 aliphatic rings. The summed E-state index contributed by atoms with van der Waals surface area (Å²) in [5.41, 5.74) is 6.60. The van der Waals surface area contributed by atoms with Gasteiger partial charge in [0.05, 0.1) is 0 Å². The number of anilines is 2. The van der Waals surface area contributed by atoms with Crippen LogP contribution in [0.3, 0.4) is 0 Å². The first-order chi connectivity index (χ1) is 12.2. The normalized spacial score (nSPS) is 11.0. The van der Waals surface area contributed by atoms with Gasteiger partial charge in [0, 0.05) is 24.6 Å². The van der Waals surface area contributed by atoms with Crippen molar-refractivity contribution < 1.29 is 5.11 Å². The van der Waals surface area contributed by atoms with E-state index >= 15 is 0 Å². The molecule has 2 N–H and O–H groups in total. The lowest BCUT2D eigenvalue weighted by atomic mass is 10.0. The van der Waals surface area contributed by atoms with Gasteiger partial charge >= 0.3 is 0 Å². The Balaban J connectivity index is 1.79. The van der Waals surface area contributed by atoms with Gasteiger partial charge in [0.1, 0.15) is 5.75 Å². The lowest BCUT2D eigenvalue weighted by Gasteiger charge is -2.11. The van der Waals surface area contributed by atoms with Crippen molar-refractivity contribution >= 4 is 17.6 Å². The van der Waals surface area contributed by atoms with Crippen molar-refractivity contribution in [3.8, 4) is 16.9 Å². The van der Waals surface area contributed by atoms with Crippen LogP contribution < -0.4 is 5.32 Å². The van der Waals surface area contributed by atoms with Crippen molar-refractivity contribution in [2.45, 2.75) is 13.3 Å². The van der Waals surface area contributed by atoms with Crippen molar-refractivity contribution in [1.29, 1.82) is 0 Å². The van der Waals surface area contributed by atoms with Crippen LogP contribution in [-0.4, -0.2) is 18.4 Å². The van der Waals surface area contributed by atoms with Gasteiger partial charge in [-0.05, 0) is 65.1 Å². The summed E-state index contributed by atoms with van der Waals surface area (Å²) in [7, 11) is 1.79. The van der Waals surface area contributed by atoms with Crippen molar-refractivity contribution in [3.63, 3.8) is 0 Å². The maximum atomic E-state index is 9.61. The summed E-state index contributed by atoms with van der Waals surface area (Å²) < 4.78 is 0. The van der Waals surface area contributed by atoms with Crippen LogP contribution in [0.5, 0.6) is 5.75 Å². The topological polar surface area (TPSA) is 44.6 Å². The summed E-state index contributed by atoms with van der Waals surface area (Å²) >= 11 is 0. The van der Waals surface area contributed by atoms with E-state index in [-0.39, 0.29) is 5.75 Å². The summed E-state index contributed by atoms with van der Waals surface area (Å²) in [6, 6.07) is 21.8. The van der Waals surface area contributed by atoms with Gasteiger partial charge in [0.2, 0.25) is 0 Å². The number of phenols is 1. The molecule has 0 aromatic heterocycles. The molecule has 0 amide bonds. The molecule has 25 heavy (non-hydrogen) atoms. The third-order valence-corrected chi connectivity index (χ3v) is 4.15. The van der Waals surface area contributed by atoms with E-state index in [1.165, 1.54) is 5.56 Å². The summed E-state index contributed by atoms with van der Waals surface area (Å²) in [6.07, 6.45) is 2.86. The van der Waals surface area contributed by atoms with Gasteiger partial charge in [-0.2, -0.15) is 0 Å². The number of aromatic hydroxyl groups is 1. The van der Waals surface area contributed by atoms with Crippen molar-refractivity contribution in [1.82, 2.24) is 0 Å². The molecule has 3 aromatic rings. The van der Waals surface area contributed by atoms with E-state index in [0.717, 1.165) is 34.5 Å². The van der Waals surface area contributed by atoms with Crippen LogP contribution in [0.4, 0.5) is 11.4 Å². The molecule has 0 saturated carbocycles. The average molecular weight is 330 g/mol. The number of aliphatic imine (C=N–C) groups is 1. The minimum absolute atomic E-state index is 0.280. The number of hydrogen-bond donors (Lipinski definition) is 2. The second-order valence-electron chi connectivity index (χ2n) is 5.91. The van der Waals surface area contributed by atoms with E-state index in [2.05, 4.69) is 47.6 Å². The van der Waals surface area contributed by atoms with Gasteiger partial charge in [-0.1, -0.05) is 37.3 Å². The van der Waals surface area contributed by atoms with Crippen LogP contribution in [-0.2, 0) is 6.42 Å². The van der Waals surface area contributed by atoms with Crippen LogP contribution in [0, 0.1) is 0 Å². The number of phenolic OH excluding ortho intramolecular Hbond substituents is 1. The number of aryl methyl sites for hydroxylation is 1. The van der Waals surface area contributed by atoms with Crippen molar-refractivity contribution in [2.24, 2.45) is 4.99 Å². The number of nitrogens with zero attached hydrogens (tertiary/aromatic N) is 1. The maximum Gasteiger partial charge on any atom is 0.116 e. The van der Waals surface area contributed by atoms with Crippen LogP contribution in [0.15, 0.2) is 71.7 Å². The van der Waals surface area contributed by atoms with E-state index in [1.807, 2.05) is 30.5 Å². The molecular formula is C22H22N2O. The lowest BCUT2D eigenvalue weighted by molar-refractivity contribution is 0.475. The predicted molar refractivity (Wildman–Crippen MR) is 106 cm³/mol. The van der Waals surface area contributed by atoms with Gasteiger partial charge < -0.3 is 10.4 Å². The molecule has 0 spiro atoms. The van der Waals surface area contributed by atoms with E-state index in [0.29, 0.717) is 0 Å². The van der Waals surface area contributed by atoms with Crippen molar-refractivity contribution in [3.05, 3.63) is 77.9 Å². The first kappa shape index (κ1) is 16.8. The second-order valence-corrected chi connectivity index (χ2v) is 5.91. The van der Waals surface area contributed by atoms with Gasteiger partial charge in [-0.25, -0.2) is 0 Å². The zero-order chi connectivity index (χ0) is 17.6. The molecule has 0 atom stereocenters. The molecule has 0 radical (unpaired) electrons. The Morgan fingerprint density at radius 2 is 1.68 bits per heavy atom. The monoisotopic (exact) mass is 330 g/mol. The third-order valence-electron chi connectivity index (χ3n) is 4.15. The molecule has 3 nitrogen and oxygen atoms in total. The van der Waals surface area contributed by atoms with Crippen LogP contribution in [0.25, 0.3) is 11.1 Å². The highest BCUT2D eigenvalue weighted by Gasteiger charge is 2.03. The van der Waals surface area contributed by atoms with Gasteiger partial charge in [0.25, 0.3) is 0 Å². The fourth-order valence-electron chi connectivity index (χ4n) is 2.85. The Bertz CT molecular complexity index is 883. The standard InChI is InChI=1S/C22H22N2O/c1-3-16-13-21(12-9-19(16)15-23-2)24-20-10-7-17(8-11-20)18-5-4-6-22(25)14-18/h4-15,24-25H,3H2,1-2H3. The zero-order valence-electron chi connectivity index (χ0n) is 14.5. The smallest absolute Gasteiger partial charge is 0.116 e. The highest BCUT2D eigenvalue weighted by Crippen LogP contribution is 2.26. The van der Waals surface area contributed by atoms with Gasteiger partial charge in [-0.3, -0.25) is 4.99 Å². The highest BCUT2D eigenvalue weighted by atomic mass is 16.3. The highest BCUT2D eigenvalue weighted by molar-refractivity contribution is 5.83. The van der Waals surface area contributed by atoms with E-state index < -0.39 is 0 Å². The summed E-state index contributed by atoms with van der Waals surface area (Å²) in [6.45, 7) is 2.15. The molecule has 3 heteroatoms. The molecule has 0 aliphatic carbocycles.